The van der Waals surface area contributed by atoms with Gasteiger partial charge in [0.05, 0.1) is 22.6 Å². The molecule has 0 aromatic heterocycles. The molecule has 1 aliphatic rings. The van der Waals surface area contributed by atoms with E-state index in [9.17, 15) is 21.6 Å². The summed E-state index contributed by atoms with van der Waals surface area (Å²) in [6.45, 7) is 0.813. The second-order valence-corrected chi connectivity index (χ2v) is 8.42. The van der Waals surface area contributed by atoms with E-state index in [1.807, 2.05) is 0 Å². The fourth-order valence-electron chi connectivity index (χ4n) is 3.04. The maximum Gasteiger partial charge on any atom is 0.416 e. The molecular weight excluding hydrogens is 381 g/mol. The van der Waals surface area contributed by atoms with Crippen LogP contribution in [0.4, 0.5) is 13.2 Å². The second kappa shape index (κ2) is 9.53. The normalized spacial score (nSPS) is 21.0. The highest BCUT2D eigenvalue weighted by Crippen LogP contribution is 2.30. The molecule has 0 bridgehead atoms. The number of rotatable bonds is 8. The summed E-state index contributed by atoms with van der Waals surface area (Å²) in [6, 6.07) is 5.54. The third-order valence-corrected chi connectivity index (χ3v) is 6.07. The van der Waals surface area contributed by atoms with Crippen LogP contribution in [0.5, 0.6) is 0 Å². The Morgan fingerprint density at radius 1 is 1.15 bits per heavy atom. The van der Waals surface area contributed by atoms with Crippen LogP contribution >= 0.6 is 0 Å². The lowest BCUT2D eigenvalue weighted by molar-refractivity contribution is -0.137. The first-order chi connectivity index (χ1) is 12.7. The van der Waals surface area contributed by atoms with E-state index in [1.165, 1.54) is 0 Å². The minimum Gasteiger partial charge on any atom is -0.378 e. The van der Waals surface area contributed by atoms with Crippen molar-refractivity contribution in [3.05, 3.63) is 29.8 Å². The van der Waals surface area contributed by atoms with Gasteiger partial charge < -0.3 is 4.74 Å². The van der Waals surface area contributed by atoms with Crippen molar-refractivity contribution >= 4 is 10.0 Å². The molecule has 1 aromatic carbocycles. The Labute approximate surface area is 157 Å². The molecule has 1 aromatic rings. The number of nitrogens with one attached hydrogen (secondary N) is 1. The molecular formula is C18H23F3N2O3S. The van der Waals surface area contributed by atoms with E-state index in [0.717, 1.165) is 49.9 Å². The molecule has 5 nitrogen and oxygen atoms in total. The number of alkyl halides is 3. The first-order valence-electron chi connectivity index (χ1n) is 8.88. The summed E-state index contributed by atoms with van der Waals surface area (Å²) in [5.74, 6) is 0.174. The van der Waals surface area contributed by atoms with Crippen LogP contribution in [0.1, 0.15) is 44.1 Å². The van der Waals surface area contributed by atoms with Gasteiger partial charge in [0.15, 0.2) is 0 Å². The number of nitriles is 1. The monoisotopic (exact) mass is 404 g/mol. The van der Waals surface area contributed by atoms with Gasteiger partial charge in [-0.3, -0.25) is 0 Å². The molecule has 0 amide bonds. The van der Waals surface area contributed by atoms with Crippen LogP contribution in [0.25, 0.3) is 0 Å². The lowest BCUT2D eigenvalue weighted by Crippen LogP contribution is -2.32. The fourth-order valence-corrected chi connectivity index (χ4v) is 4.15. The lowest BCUT2D eigenvalue weighted by atomic mass is 9.87. The molecule has 0 unspecified atom stereocenters. The van der Waals surface area contributed by atoms with Gasteiger partial charge in [-0.05, 0) is 62.3 Å². The Bertz CT molecular complexity index is 735. The third-order valence-electron chi connectivity index (χ3n) is 4.63. The van der Waals surface area contributed by atoms with Gasteiger partial charge in [-0.25, -0.2) is 13.1 Å². The minimum absolute atomic E-state index is 0.145. The van der Waals surface area contributed by atoms with E-state index in [2.05, 4.69) is 10.8 Å². The van der Waals surface area contributed by atoms with Crippen LogP contribution in [0.3, 0.4) is 0 Å². The number of ether oxygens (including phenoxy) is 1. The van der Waals surface area contributed by atoms with Crippen molar-refractivity contribution in [3.63, 3.8) is 0 Å². The van der Waals surface area contributed by atoms with Gasteiger partial charge >= 0.3 is 6.18 Å². The summed E-state index contributed by atoms with van der Waals surface area (Å²) in [4.78, 5) is -0.176. The van der Waals surface area contributed by atoms with Crippen LogP contribution < -0.4 is 4.72 Å². The summed E-state index contributed by atoms with van der Waals surface area (Å²) >= 11 is 0. The molecule has 0 atom stereocenters. The standard InChI is InChI=1S/C18H23F3N2O3S/c19-18(20,21)15-5-9-17(10-6-15)27(24,25)23-13-14-3-7-16(8-4-14)26-12-2-1-11-22/h5-6,9-10,14,16,23H,1-4,7-8,12-13H2. The maximum atomic E-state index is 12.6. The highest BCUT2D eigenvalue weighted by molar-refractivity contribution is 7.89. The van der Waals surface area contributed by atoms with E-state index in [1.54, 1.807) is 0 Å². The highest BCUT2D eigenvalue weighted by Gasteiger charge is 2.31. The highest BCUT2D eigenvalue weighted by atomic mass is 32.2. The number of nitrogens with zero attached hydrogens (tertiary/aromatic N) is 1. The summed E-state index contributed by atoms with van der Waals surface area (Å²) < 4.78 is 70.4. The lowest BCUT2D eigenvalue weighted by Gasteiger charge is -2.28. The molecule has 0 spiro atoms. The van der Waals surface area contributed by atoms with Gasteiger partial charge in [0.1, 0.15) is 0 Å². The Kier molecular flexibility index (Phi) is 7.65. The Morgan fingerprint density at radius 3 is 2.33 bits per heavy atom. The molecule has 1 fully saturated rings. The number of hydrogen-bond acceptors (Lipinski definition) is 4. The topological polar surface area (TPSA) is 79.2 Å². The molecule has 0 heterocycles. The minimum atomic E-state index is -4.50. The van der Waals surface area contributed by atoms with Crippen molar-refractivity contribution in [1.29, 1.82) is 5.26 Å². The summed E-state index contributed by atoms with van der Waals surface area (Å²) in [5, 5.41) is 8.48. The Balaban J connectivity index is 1.78. The molecule has 1 N–H and O–H groups in total. The average molecular weight is 404 g/mol. The number of unbranched alkanes of at least 4 members (excludes halogenated alkanes) is 1. The third kappa shape index (κ3) is 6.79. The predicted molar refractivity (Wildman–Crippen MR) is 93.2 cm³/mol. The SMILES string of the molecule is N#CCCCOC1CCC(CNS(=O)(=O)c2ccc(C(F)(F)F)cc2)CC1. The Morgan fingerprint density at radius 2 is 1.78 bits per heavy atom. The van der Waals surface area contributed by atoms with Crippen molar-refractivity contribution in [2.45, 2.75) is 55.7 Å². The van der Waals surface area contributed by atoms with Crippen molar-refractivity contribution < 1.29 is 26.3 Å². The van der Waals surface area contributed by atoms with Gasteiger partial charge in [0.2, 0.25) is 10.0 Å². The molecule has 27 heavy (non-hydrogen) atoms. The summed E-state index contributed by atoms with van der Waals surface area (Å²) in [5.41, 5.74) is -0.880. The summed E-state index contributed by atoms with van der Waals surface area (Å²) in [7, 11) is -3.84. The molecule has 0 saturated heterocycles. The first-order valence-corrected chi connectivity index (χ1v) is 10.4. The molecule has 0 aliphatic heterocycles. The van der Waals surface area contributed by atoms with E-state index in [0.29, 0.717) is 19.4 Å². The fraction of sp³-hybridized carbons (Fsp3) is 0.611. The maximum absolute atomic E-state index is 12.6. The van der Waals surface area contributed by atoms with Crippen LogP contribution in [-0.2, 0) is 20.9 Å². The van der Waals surface area contributed by atoms with Crippen LogP contribution in [0.15, 0.2) is 29.2 Å². The quantitative estimate of drug-likeness (QED) is 0.667. The van der Waals surface area contributed by atoms with E-state index in [4.69, 9.17) is 10.00 Å². The zero-order valence-electron chi connectivity index (χ0n) is 14.8. The summed E-state index contributed by atoms with van der Waals surface area (Å²) in [6.07, 6.45) is 0.136. The number of hydrogen-bond donors (Lipinski definition) is 1. The molecule has 1 aliphatic carbocycles. The molecule has 0 radical (unpaired) electrons. The van der Waals surface area contributed by atoms with Gasteiger partial charge in [-0.15, -0.1) is 0 Å². The van der Waals surface area contributed by atoms with E-state index < -0.39 is 21.8 Å². The molecule has 150 valence electrons. The number of benzene rings is 1. The van der Waals surface area contributed by atoms with Gasteiger partial charge in [-0.1, -0.05) is 0 Å². The molecule has 9 heteroatoms. The van der Waals surface area contributed by atoms with Crippen LogP contribution in [0.2, 0.25) is 0 Å². The zero-order valence-corrected chi connectivity index (χ0v) is 15.7. The Hall–Kier alpha value is -1.63. The molecule has 2 rings (SSSR count). The van der Waals surface area contributed by atoms with Gasteiger partial charge in [-0.2, -0.15) is 18.4 Å². The predicted octanol–water partition coefficient (Wildman–Crippen LogP) is 3.86. The first kappa shape index (κ1) is 21.7. The van der Waals surface area contributed by atoms with E-state index in [-0.39, 0.29) is 23.5 Å². The average Bonchev–Trinajstić information content (AvgIpc) is 2.64. The number of sulfonamides is 1. The van der Waals surface area contributed by atoms with Crippen LogP contribution in [-0.4, -0.2) is 27.7 Å². The van der Waals surface area contributed by atoms with E-state index >= 15 is 0 Å². The largest absolute Gasteiger partial charge is 0.416 e. The zero-order chi connectivity index (χ0) is 19.9. The van der Waals surface area contributed by atoms with Crippen molar-refractivity contribution in [2.75, 3.05) is 13.2 Å². The van der Waals surface area contributed by atoms with Crippen LogP contribution in [0, 0.1) is 17.2 Å². The van der Waals surface area contributed by atoms with Gasteiger partial charge in [0, 0.05) is 19.6 Å². The van der Waals surface area contributed by atoms with Gasteiger partial charge in [0.25, 0.3) is 0 Å². The van der Waals surface area contributed by atoms with Crippen molar-refractivity contribution in [3.8, 4) is 6.07 Å². The van der Waals surface area contributed by atoms with Crippen molar-refractivity contribution in [1.82, 2.24) is 4.72 Å². The van der Waals surface area contributed by atoms with Crippen molar-refractivity contribution in [2.24, 2.45) is 5.92 Å². The number of halogens is 3. The smallest absolute Gasteiger partial charge is 0.378 e. The second-order valence-electron chi connectivity index (χ2n) is 6.65. The molecule has 1 saturated carbocycles.